The number of benzene rings is 2. The van der Waals surface area contributed by atoms with Crippen LogP contribution in [-0.4, -0.2) is 6.54 Å². The van der Waals surface area contributed by atoms with E-state index in [1.54, 1.807) is 0 Å². The van der Waals surface area contributed by atoms with Gasteiger partial charge in [-0.1, -0.05) is 24.6 Å². The van der Waals surface area contributed by atoms with Gasteiger partial charge in [-0.2, -0.15) is 0 Å². The summed E-state index contributed by atoms with van der Waals surface area (Å²) in [5, 5.41) is 4.13. The molecule has 2 aromatic carbocycles. The molecule has 21 heavy (non-hydrogen) atoms. The van der Waals surface area contributed by atoms with Gasteiger partial charge in [0.15, 0.2) is 0 Å². The lowest BCUT2D eigenvalue weighted by Gasteiger charge is -2.11. The van der Waals surface area contributed by atoms with Crippen LogP contribution in [0.2, 0.25) is 5.02 Å². The molecule has 0 radical (unpaired) electrons. The zero-order chi connectivity index (χ0) is 15.2. The minimum absolute atomic E-state index is 0.749. The maximum absolute atomic E-state index is 6.02. The molecule has 4 heteroatoms. The summed E-state index contributed by atoms with van der Waals surface area (Å²) in [5.41, 5.74) is 2.24. The highest BCUT2D eigenvalue weighted by molar-refractivity contribution is 9.10. The summed E-state index contributed by atoms with van der Waals surface area (Å²) in [6, 6.07) is 11.8. The molecule has 0 aromatic heterocycles. The fraction of sp³-hybridized carbons (Fsp3) is 0.294. The standard InChI is InChI=1S/C17H19BrClNO/c1-3-8-20-11-13-4-7-17(15(18)10-13)21-14-5-6-16(19)12(2)9-14/h4-7,9-10,20H,3,8,11H2,1-2H3. The van der Waals surface area contributed by atoms with Gasteiger partial charge in [0.25, 0.3) is 0 Å². The van der Waals surface area contributed by atoms with Crippen molar-refractivity contribution in [1.82, 2.24) is 5.32 Å². The van der Waals surface area contributed by atoms with Gasteiger partial charge >= 0.3 is 0 Å². The molecule has 0 atom stereocenters. The van der Waals surface area contributed by atoms with Crippen LogP contribution in [0.4, 0.5) is 0 Å². The van der Waals surface area contributed by atoms with Crippen LogP contribution in [0.1, 0.15) is 24.5 Å². The number of hydrogen-bond donors (Lipinski definition) is 1. The van der Waals surface area contributed by atoms with Gasteiger partial charge in [0.1, 0.15) is 11.5 Å². The van der Waals surface area contributed by atoms with Gasteiger partial charge in [-0.25, -0.2) is 0 Å². The van der Waals surface area contributed by atoms with E-state index in [-0.39, 0.29) is 0 Å². The maximum Gasteiger partial charge on any atom is 0.141 e. The molecule has 0 fully saturated rings. The summed E-state index contributed by atoms with van der Waals surface area (Å²) in [7, 11) is 0. The Morgan fingerprint density at radius 2 is 2.00 bits per heavy atom. The molecular formula is C17H19BrClNO. The van der Waals surface area contributed by atoms with Crippen molar-refractivity contribution in [1.29, 1.82) is 0 Å². The highest BCUT2D eigenvalue weighted by Gasteiger charge is 2.05. The molecule has 2 aromatic rings. The Morgan fingerprint density at radius 1 is 1.19 bits per heavy atom. The molecule has 2 rings (SSSR count). The van der Waals surface area contributed by atoms with Crippen LogP contribution in [0, 0.1) is 6.92 Å². The number of nitrogens with one attached hydrogen (secondary N) is 1. The lowest BCUT2D eigenvalue weighted by Crippen LogP contribution is -2.13. The van der Waals surface area contributed by atoms with Gasteiger partial charge in [0.2, 0.25) is 0 Å². The highest BCUT2D eigenvalue weighted by atomic mass is 79.9. The average molecular weight is 369 g/mol. The van der Waals surface area contributed by atoms with Crippen LogP contribution >= 0.6 is 27.5 Å². The summed E-state index contributed by atoms with van der Waals surface area (Å²) >= 11 is 9.59. The van der Waals surface area contributed by atoms with Crippen LogP contribution in [0.15, 0.2) is 40.9 Å². The minimum atomic E-state index is 0.749. The summed E-state index contributed by atoms with van der Waals surface area (Å²) in [6.07, 6.45) is 1.14. The van der Waals surface area contributed by atoms with Crippen LogP contribution < -0.4 is 10.1 Å². The quantitative estimate of drug-likeness (QED) is 0.660. The summed E-state index contributed by atoms with van der Waals surface area (Å²) in [6.45, 7) is 6.02. The van der Waals surface area contributed by atoms with Gasteiger partial charge in [0, 0.05) is 11.6 Å². The molecule has 0 heterocycles. The van der Waals surface area contributed by atoms with Crippen molar-refractivity contribution in [2.75, 3.05) is 6.54 Å². The van der Waals surface area contributed by atoms with Gasteiger partial charge in [-0.3, -0.25) is 0 Å². The normalized spacial score (nSPS) is 10.7. The monoisotopic (exact) mass is 367 g/mol. The molecule has 0 aliphatic carbocycles. The Hall–Kier alpha value is -1.03. The topological polar surface area (TPSA) is 21.3 Å². The van der Waals surface area contributed by atoms with Crippen molar-refractivity contribution >= 4 is 27.5 Å². The van der Waals surface area contributed by atoms with Crippen LogP contribution in [0.3, 0.4) is 0 Å². The summed E-state index contributed by atoms with van der Waals surface area (Å²) in [4.78, 5) is 0. The number of ether oxygens (including phenoxy) is 1. The Kier molecular flexibility index (Phi) is 6.09. The summed E-state index contributed by atoms with van der Waals surface area (Å²) in [5.74, 6) is 1.59. The third kappa shape index (κ3) is 4.73. The molecule has 0 saturated carbocycles. The van der Waals surface area contributed by atoms with Gasteiger partial charge < -0.3 is 10.1 Å². The van der Waals surface area contributed by atoms with Gasteiger partial charge in [-0.05, 0) is 77.3 Å². The molecule has 0 aliphatic heterocycles. The second kappa shape index (κ2) is 7.83. The van der Waals surface area contributed by atoms with E-state index in [0.717, 1.165) is 46.1 Å². The Bertz CT molecular complexity index is 616. The van der Waals surface area contributed by atoms with Crippen molar-refractivity contribution < 1.29 is 4.74 Å². The van der Waals surface area contributed by atoms with Crippen LogP contribution in [-0.2, 0) is 6.54 Å². The molecule has 0 bridgehead atoms. The lowest BCUT2D eigenvalue weighted by atomic mass is 10.2. The lowest BCUT2D eigenvalue weighted by molar-refractivity contribution is 0.479. The van der Waals surface area contributed by atoms with Crippen LogP contribution in [0.25, 0.3) is 0 Å². The Morgan fingerprint density at radius 3 is 2.67 bits per heavy atom. The molecule has 0 saturated heterocycles. The average Bonchev–Trinajstić information content (AvgIpc) is 2.46. The predicted molar refractivity (Wildman–Crippen MR) is 92.4 cm³/mol. The first kappa shape index (κ1) is 16.3. The van der Waals surface area contributed by atoms with Gasteiger partial charge in [0.05, 0.1) is 4.47 Å². The smallest absolute Gasteiger partial charge is 0.141 e. The van der Waals surface area contributed by atoms with E-state index in [1.807, 2.05) is 31.2 Å². The zero-order valence-corrected chi connectivity index (χ0v) is 14.6. The van der Waals surface area contributed by atoms with E-state index in [4.69, 9.17) is 16.3 Å². The van der Waals surface area contributed by atoms with Crippen molar-refractivity contribution in [3.05, 3.63) is 57.0 Å². The maximum atomic E-state index is 6.02. The van der Waals surface area contributed by atoms with Crippen molar-refractivity contribution in [2.24, 2.45) is 0 Å². The van der Waals surface area contributed by atoms with E-state index in [1.165, 1.54) is 5.56 Å². The first-order valence-corrected chi connectivity index (χ1v) is 8.20. The van der Waals surface area contributed by atoms with E-state index in [9.17, 15) is 0 Å². The van der Waals surface area contributed by atoms with Gasteiger partial charge in [-0.15, -0.1) is 0 Å². The molecule has 0 unspecified atom stereocenters. The SMILES string of the molecule is CCCNCc1ccc(Oc2ccc(Cl)c(C)c2)c(Br)c1. The van der Waals surface area contributed by atoms with Crippen molar-refractivity contribution in [2.45, 2.75) is 26.8 Å². The molecule has 112 valence electrons. The largest absolute Gasteiger partial charge is 0.456 e. The number of rotatable bonds is 6. The fourth-order valence-corrected chi connectivity index (χ4v) is 2.58. The molecular weight excluding hydrogens is 350 g/mol. The predicted octanol–water partition coefficient (Wildman–Crippen LogP) is 5.70. The van der Waals surface area contributed by atoms with E-state index < -0.39 is 0 Å². The molecule has 0 amide bonds. The molecule has 2 nitrogen and oxygen atoms in total. The number of halogens is 2. The van der Waals surface area contributed by atoms with E-state index in [0.29, 0.717) is 0 Å². The van der Waals surface area contributed by atoms with E-state index in [2.05, 4.69) is 40.3 Å². The first-order valence-electron chi connectivity index (χ1n) is 7.03. The highest BCUT2D eigenvalue weighted by Crippen LogP contribution is 2.32. The second-order valence-corrected chi connectivity index (χ2v) is 6.22. The Labute approximate surface area is 139 Å². The zero-order valence-electron chi connectivity index (χ0n) is 12.2. The second-order valence-electron chi connectivity index (χ2n) is 4.95. The van der Waals surface area contributed by atoms with Crippen molar-refractivity contribution in [3.63, 3.8) is 0 Å². The molecule has 0 spiro atoms. The minimum Gasteiger partial charge on any atom is -0.456 e. The van der Waals surface area contributed by atoms with E-state index >= 15 is 0 Å². The number of aryl methyl sites for hydroxylation is 1. The number of hydrogen-bond acceptors (Lipinski definition) is 2. The first-order chi connectivity index (χ1) is 10.1. The molecule has 0 aliphatic rings. The third-order valence-electron chi connectivity index (χ3n) is 3.11. The van der Waals surface area contributed by atoms with Crippen LogP contribution in [0.5, 0.6) is 11.5 Å². The van der Waals surface area contributed by atoms with Crippen molar-refractivity contribution in [3.8, 4) is 11.5 Å². The summed E-state index contributed by atoms with van der Waals surface area (Å²) < 4.78 is 6.85. The third-order valence-corrected chi connectivity index (χ3v) is 4.15. The fourth-order valence-electron chi connectivity index (χ4n) is 1.95. The Balaban J connectivity index is 2.08. The molecule has 1 N–H and O–H groups in total.